The first-order valence-electron chi connectivity index (χ1n) is 7.94. The molecule has 0 radical (unpaired) electrons. The second-order valence-electron chi connectivity index (χ2n) is 5.74. The van der Waals surface area contributed by atoms with Gasteiger partial charge in [0.25, 0.3) is 5.91 Å². The summed E-state index contributed by atoms with van der Waals surface area (Å²) in [5.41, 5.74) is 2.15. The minimum Gasteiger partial charge on any atom is -0.494 e. The molecule has 0 saturated heterocycles. The van der Waals surface area contributed by atoms with Crippen LogP contribution in [-0.2, 0) is 7.05 Å². The van der Waals surface area contributed by atoms with Crippen molar-refractivity contribution in [2.75, 3.05) is 7.11 Å². The number of aromatic nitrogens is 3. The number of amides is 1. The number of carbonyl (C=O) groups excluding carboxylic acids is 1. The van der Waals surface area contributed by atoms with E-state index in [4.69, 9.17) is 4.74 Å². The van der Waals surface area contributed by atoms with Gasteiger partial charge in [-0.25, -0.2) is 4.98 Å². The Kier molecular flexibility index (Phi) is 4.79. The van der Waals surface area contributed by atoms with Gasteiger partial charge in [-0.2, -0.15) is 0 Å². The number of nitrogens with zero attached hydrogens (tertiary/aromatic N) is 3. The highest BCUT2D eigenvalue weighted by molar-refractivity contribution is 5.97. The standard InChI is InChI=1S/C19H20N4O2/c1-13-11-15(16(25-3)12-21-13)19(24)22-17(14-7-5-4-6-8-14)18-20-9-10-23(18)2/h4-12,17H,1-3H3,(H,22,24). The first-order valence-corrected chi connectivity index (χ1v) is 7.94. The number of hydrogen-bond acceptors (Lipinski definition) is 4. The summed E-state index contributed by atoms with van der Waals surface area (Å²) in [6.45, 7) is 1.84. The number of nitrogens with one attached hydrogen (secondary N) is 1. The maximum absolute atomic E-state index is 12.9. The van der Waals surface area contributed by atoms with Gasteiger partial charge in [-0.3, -0.25) is 9.78 Å². The van der Waals surface area contributed by atoms with Crippen molar-refractivity contribution >= 4 is 5.91 Å². The van der Waals surface area contributed by atoms with E-state index in [1.165, 1.54) is 7.11 Å². The number of imidazole rings is 1. The zero-order valence-corrected chi connectivity index (χ0v) is 14.4. The average molecular weight is 336 g/mol. The van der Waals surface area contributed by atoms with Gasteiger partial charge < -0.3 is 14.6 Å². The molecule has 0 aliphatic carbocycles. The Bertz CT molecular complexity index is 874. The summed E-state index contributed by atoms with van der Waals surface area (Å²) in [5.74, 6) is 0.957. The van der Waals surface area contributed by atoms with Crippen LogP contribution in [0.1, 0.15) is 33.5 Å². The van der Waals surface area contributed by atoms with Gasteiger partial charge in [-0.05, 0) is 18.6 Å². The molecule has 25 heavy (non-hydrogen) atoms. The molecule has 0 spiro atoms. The third-order valence-corrected chi connectivity index (χ3v) is 3.99. The predicted molar refractivity (Wildman–Crippen MR) is 94.5 cm³/mol. The van der Waals surface area contributed by atoms with E-state index in [9.17, 15) is 4.79 Å². The molecule has 1 aromatic carbocycles. The average Bonchev–Trinajstić information content (AvgIpc) is 3.06. The molecule has 1 N–H and O–H groups in total. The van der Waals surface area contributed by atoms with Gasteiger partial charge >= 0.3 is 0 Å². The molecule has 0 bridgehead atoms. The fraction of sp³-hybridized carbons (Fsp3) is 0.211. The Balaban J connectivity index is 1.98. The Labute approximate surface area is 146 Å². The number of pyridine rings is 1. The number of carbonyl (C=O) groups is 1. The third-order valence-electron chi connectivity index (χ3n) is 3.99. The number of ether oxygens (including phenoxy) is 1. The van der Waals surface area contributed by atoms with Gasteiger partial charge in [0, 0.05) is 25.1 Å². The van der Waals surface area contributed by atoms with Crippen LogP contribution in [0.15, 0.2) is 55.0 Å². The minimum absolute atomic E-state index is 0.237. The summed E-state index contributed by atoms with van der Waals surface area (Å²) in [5, 5.41) is 3.06. The molecule has 2 heterocycles. The van der Waals surface area contributed by atoms with Gasteiger partial charge in [-0.1, -0.05) is 30.3 Å². The Morgan fingerprint density at radius 2 is 2.00 bits per heavy atom. The normalized spacial score (nSPS) is 11.8. The van der Waals surface area contributed by atoms with Crippen molar-refractivity contribution in [1.82, 2.24) is 19.9 Å². The first kappa shape index (κ1) is 16.7. The van der Waals surface area contributed by atoms with Crippen molar-refractivity contribution in [2.24, 2.45) is 7.05 Å². The summed E-state index contributed by atoms with van der Waals surface area (Å²) < 4.78 is 7.17. The van der Waals surface area contributed by atoms with Gasteiger partial charge in [-0.15, -0.1) is 0 Å². The quantitative estimate of drug-likeness (QED) is 0.778. The third kappa shape index (κ3) is 3.52. The Morgan fingerprint density at radius 1 is 1.24 bits per heavy atom. The topological polar surface area (TPSA) is 69.0 Å². The zero-order valence-electron chi connectivity index (χ0n) is 14.4. The van der Waals surface area contributed by atoms with E-state index in [-0.39, 0.29) is 11.9 Å². The molecule has 1 amide bonds. The molecular weight excluding hydrogens is 316 g/mol. The number of methoxy groups -OCH3 is 1. The van der Waals surface area contributed by atoms with E-state index in [0.29, 0.717) is 11.3 Å². The van der Waals surface area contributed by atoms with Crippen molar-refractivity contribution in [3.63, 3.8) is 0 Å². The van der Waals surface area contributed by atoms with Gasteiger partial charge in [0.15, 0.2) is 0 Å². The summed E-state index contributed by atoms with van der Waals surface area (Å²) in [6, 6.07) is 11.1. The fourth-order valence-corrected chi connectivity index (χ4v) is 2.69. The van der Waals surface area contributed by atoms with Crippen LogP contribution in [0, 0.1) is 6.92 Å². The van der Waals surface area contributed by atoms with Crippen molar-refractivity contribution in [3.8, 4) is 5.75 Å². The molecule has 0 aliphatic rings. The number of benzene rings is 1. The maximum Gasteiger partial charge on any atom is 0.256 e. The van der Waals surface area contributed by atoms with Crippen LogP contribution in [0.25, 0.3) is 0 Å². The summed E-state index contributed by atoms with van der Waals surface area (Å²) in [4.78, 5) is 21.5. The van der Waals surface area contributed by atoms with Gasteiger partial charge in [0.2, 0.25) is 0 Å². The van der Waals surface area contributed by atoms with Gasteiger partial charge in [0.05, 0.1) is 18.9 Å². The van der Waals surface area contributed by atoms with Crippen LogP contribution < -0.4 is 10.1 Å². The number of rotatable bonds is 5. The number of aryl methyl sites for hydroxylation is 2. The molecule has 3 aromatic rings. The lowest BCUT2D eigenvalue weighted by atomic mass is 10.1. The van der Waals surface area contributed by atoms with E-state index in [0.717, 1.165) is 17.1 Å². The largest absolute Gasteiger partial charge is 0.494 e. The molecule has 6 nitrogen and oxygen atoms in total. The molecular formula is C19H20N4O2. The lowest BCUT2D eigenvalue weighted by Crippen LogP contribution is -2.31. The van der Waals surface area contributed by atoms with E-state index in [1.807, 2.05) is 55.1 Å². The molecule has 128 valence electrons. The van der Waals surface area contributed by atoms with Crippen molar-refractivity contribution in [1.29, 1.82) is 0 Å². The predicted octanol–water partition coefficient (Wildman–Crippen LogP) is 2.65. The second-order valence-corrected chi connectivity index (χ2v) is 5.74. The van der Waals surface area contributed by atoms with Crippen LogP contribution >= 0.6 is 0 Å². The monoisotopic (exact) mass is 336 g/mol. The van der Waals surface area contributed by atoms with Crippen molar-refractivity contribution < 1.29 is 9.53 Å². The number of hydrogen-bond donors (Lipinski definition) is 1. The molecule has 0 aliphatic heterocycles. The Morgan fingerprint density at radius 3 is 2.64 bits per heavy atom. The molecule has 0 saturated carbocycles. The molecule has 1 atom stereocenters. The molecule has 1 unspecified atom stereocenters. The van der Waals surface area contributed by atoms with Crippen molar-refractivity contribution in [2.45, 2.75) is 13.0 Å². The fourth-order valence-electron chi connectivity index (χ4n) is 2.69. The molecule has 3 rings (SSSR count). The highest BCUT2D eigenvalue weighted by Gasteiger charge is 2.23. The van der Waals surface area contributed by atoms with Crippen LogP contribution in [0.3, 0.4) is 0 Å². The SMILES string of the molecule is COc1cnc(C)cc1C(=O)NC(c1ccccc1)c1nccn1C. The molecule has 2 aromatic heterocycles. The van der Waals surface area contributed by atoms with E-state index < -0.39 is 0 Å². The lowest BCUT2D eigenvalue weighted by Gasteiger charge is -2.20. The van der Waals surface area contributed by atoms with E-state index >= 15 is 0 Å². The van der Waals surface area contributed by atoms with Crippen LogP contribution in [0.5, 0.6) is 5.75 Å². The summed E-state index contributed by atoms with van der Waals surface area (Å²) in [7, 11) is 3.43. The van der Waals surface area contributed by atoms with Gasteiger partial charge in [0.1, 0.15) is 17.6 Å². The lowest BCUT2D eigenvalue weighted by molar-refractivity contribution is 0.0938. The highest BCUT2D eigenvalue weighted by Crippen LogP contribution is 2.23. The van der Waals surface area contributed by atoms with Crippen LogP contribution in [0.4, 0.5) is 0 Å². The molecule has 0 fully saturated rings. The zero-order chi connectivity index (χ0) is 17.8. The minimum atomic E-state index is -0.369. The van der Waals surface area contributed by atoms with E-state index in [2.05, 4.69) is 15.3 Å². The molecule has 6 heteroatoms. The summed E-state index contributed by atoms with van der Waals surface area (Å²) >= 11 is 0. The Hall–Kier alpha value is -3.15. The smallest absolute Gasteiger partial charge is 0.256 e. The van der Waals surface area contributed by atoms with Crippen LogP contribution in [0.2, 0.25) is 0 Å². The maximum atomic E-state index is 12.9. The van der Waals surface area contributed by atoms with Crippen molar-refractivity contribution in [3.05, 3.63) is 77.6 Å². The second kappa shape index (κ2) is 7.17. The summed E-state index contributed by atoms with van der Waals surface area (Å²) in [6.07, 6.45) is 5.13. The van der Waals surface area contributed by atoms with Crippen LogP contribution in [-0.4, -0.2) is 27.6 Å². The van der Waals surface area contributed by atoms with E-state index in [1.54, 1.807) is 18.5 Å². The highest BCUT2D eigenvalue weighted by atomic mass is 16.5. The first-order chi connectivity index (χ1) is 12.1.